The first-order chi connectivity index (χ1) is 8.19. The van der Waals surface area contributed by atoms with Crippen molar-refractivity contribution >= 4 is 5.91 Å². The first-order valence-corrected chi connectivity index (χ1v) is 6.55. The van der Waals surface area contributed by atoms with Crippen LogP contribution in [-0.2, 0) is 4.79 Å². The minimum atomic E-state index is -0.104. The summed E-state index contributed by atoms with van der Waals surface area (Å²) < 4.78 is 0. The molecule has 0 aliphatic heterocycles. The lowest BCUT2D eigenvalue weighted by Gasteiger charge is -2.41. The molecule has 0 saturated heterocycles. The van der Waals surface area contributed by atoms with Crippen molar-refractivity contribution in [2.24, 2.45) is 5.84 Å². The van der Waals surface area contributed by atoms with Gasteiger partial charge in [0.15, 0.2) is 0 Å². The fourth-order valence-corrected chi connectivity index (χ4v) is 2.31. The minimum Gasteiger partial charge on any atom is -0.396 e. The zero-order chi connectivity index (χ0) is 12.7. The van der Waals surface area contributed by atoms with Crippen LogP contribution in [0.3, 0.4) is 0 Å². The maximum Gasteiger partial charge on any atom is 0.233 e. The number of nitrogens with two attached hydrogens (primary N) is 1. The van der Waals surface area contributed by atoms with Crippen molar-refractivity contribution in [2.45, 2.75) is 57.5 Å². The van der Waals surface area contributed by atoms with Crippen molar-refractivity contribution in [3.05, 3.63) is 0 Å². The van der Waals surface area contributed by atoms with Crippen LogP contribution < -0.4 is 11.3 Å². The van der Waals surface area contributed by atoms with Crippen LogP contribution in [0.2, 0.25) is 0 Å². The zero-order valence-corrected chi connectivity index (χ0v) is 10.7. The highest BCUT2D eigenvalue weighted by molar-refractivity contribution is 5.75. The quantitative estimate of drug-likeness (QED) is 0.327. The molecule has 1 saturated carbocycles. The number of nitrogens with zero attached hydrogens (tertiary/aromatic N) is 1. The minimum absolute atomic E-state index is 0.104. The summed E-state index contributed by atoms with van der Waals surface area (Å²) in [5.74, 6) is 4.96. The lowest BCUT2D eigenvalue weighted by Crippen LogP contribution is -2.46. The molecule has 5 nitrogen and oxygen atoms in total. The van der Waals surface area contributed by atoms with Crippen molar-refractivity contribution in [1.29, 1.82) is 0 Å². The van der Waals surface area contributed by atoms with Crippen LogP contribution in [0.5, 0.6) is 0 Å². The first-order valence-electron chi connectivity index (χ1n) is 6.55. The van der Waals surface area contributed by atoms with Gasteiger partial charge in [0.1, 0.15) is 0 Å². The molecule has 0 aromatic heterocycles. The molecule has 0 aromatic carbocycles. The first kappa shape index (κ1) is 14.4. The second-order valence-electron chi connectivity index (χ2n) is 4.85. The van der Waals surface area contributed by atoms with E-state index in [4.69, 9.17) is 10.9 Å². The molecule has 1 fully saturated rings. The Balaban J connectivity index is 2.35. The molecule has 0 aromatic rings. The molecule has 0 spiro atoms. The molecular formula is C12H25N3O2. The summed E-state index contributed by atoms with van der Waals surface area (Å²) in [7, 11) is 0. The van der Waals surface area contributed by atoms with E-state index >= 15 is 0 Å². The van der Waals surface area contributed by atoms with Gasteiger partial charge in [-0.05, 0) is 32.6 Å². The van der Waals surface area contributed by atoms with E-state index in [1.54, 1.807) is 0 Å². The Labute approximate surface area is 103 Å². The van der Waals surface area contributed by atoms with E-state index in [1.807, 2.05) is 0 Å². The van der Waals surface area contributed by atoms with E-state index in [9.17, 15) is 4.79 Å². The molecule has 17 heavy (non-hydrogen) atoms. The predicted molar refractivity (Wildman–Crippen MR) is 67.1 cm³/mol. The van der Waals surface area contributed by atoms with Gasteiger partial charge in [0, 0.05) is 31.7 Å². The molecule has 5 heteroatoms. The standard InChI is InChI=1S/C12H25N3O2/c1-10(6-7-12(17)14-13)15(8-3-9-16)11-4-2-5-11/h10-11,16H,2-9,13H2,1H3,(H,14,17). The monoisotopic (exact) mass is 243 g/mol. The Bertz CT molecular complexity index is 232. The van der Waals surface area contributed by atoms with E-state index in [1.165, 1.54) is 19.3 Å². The van der Waals surface area contributed by atoms with Crippen LogP contribution in [0.1, 0.15) is 45.4 Å². The average molecular weight is 243 g/mol. The highest BCUT2D eigenvalue weighted by Crippen LogP contribution is 2.27. The predicted octanol–water partition coefficient (Wildman–Crippen LogP) is 0.382. The Morgan fingerprint density at radius 2 is 2.29 bits per heavy atom. The maximum atomic E-state index is 11.1. The Hall–Kier alpha value is -0.650. The summed E-state index contributed by atoms with van der Waals surface area (Å²) in [6.07, 6.45) is 5.91. The van der Waals surface area contributed by atoms with Crippen LogP contribution in [0.15, 0.2) is 0 Å². The molecule has 1 amide bonds. The third-order valence-corrected chi connectivity index (χ3v) is 3.63. The van der Waals surface area contributed by atoms with E-state index in [-0.39, 0.29) is 12.5 Å². The number of amides is 1. The number of hydrazine groups is 1. The van der Waals surface area contributed by atoms with Gasteiger partial charge in [0.05, 0.1) is 0 Å². The normalized spacial score (nSPS) is 17.9. The van der Waals surface area contributed by atoms with Crippen molar-refractivity contribution < 1.29 is 9.90 Å². The molecule has 1 unspecified atom stereocenters. The number of nitrogens with one attached hydrogen (secondary N) is 1. The zero-order valence-electron chi connectivity index (χ0n) is 10.7. The topological polar surface area (TPSA) is 78.6 Å². The van der Waals surface area contributed by atoms with Gasteiger partial charge in [0.2, 0.25) is 5.91 Å². The third kappa shape index (κ3) is 4.61. The number of carbonyl (C=O) groups excluding carboxylic acids is 1. The molecule has 1 atom stereocenters. The lowest BCUT2D eigenvalue weighted by molar-refractivity contribution is -0.121. The van der Waals surface area contributed by atoms with Crippen LogP contribution in [-0.4, -0.2) is 41.1 Å². The van der Waals surface area contributed by atoms with E-state index < -0.39 is 0 Å². The maximum absolute atomic E-state index is 11.1. The molecule has 1 aliphatic rings. The second-order valence-corrected chi connectivity index (χ2v) is 4.85. The Morgan fingerprint density at radius 3 is 2.76 bits per heavy atom. The van der Waals surface area contributed by atoms with E-state index in [2.05, 4.69) is 17.2 Å². The van der Waals surface area contributed by atoms with Crippen LogP contribution in [0, 0.1) is 0 Å². The molecule has 100 valence electrons. The van der Waals surface area contributed by atoms with Crippen molar-refractivity contribution in [1.82, 2.24) is 10.3 Å². The molecule has 0 bridgehead atoms. The number of hydrogen-bond acceptors (Lipinski definition) is 4. The van der Waals surface area contributed by atoms with E-state index in [0.717, 1.165) is 19.4 Å². The van der Waals surface area contributed by atoms with Crippen LogP contribution in [0.4, 0.5) is 0 Å². The summed E-state index contributed by atoms with van der Waals surface area (Å²) in [4.78, 5) is 13.5. The van der Waals surface area contributed by atoms with Gasteiger partial charge >= 0.3 is 0 Å². The van der Waals surface area contributed by atoms with Gasteiger partial charge in [-0.15, -0.1) is 0 Å². The highest BCUT2D eigenvalue weighted by atomic mass is 16.3. The molecule has 0 radical (unpaired) electrons. The molecular weight excluding hydrogens is 218 g/mol. The van der Waals surface area contributed by atoms with Crippen LogP contribution in [0.25, 0.3) is 0 Å². The van der Waals surface area contributed by atoms with Gasteiger partial charge in [0.25, 0.3) is 0 Å². The molecule has 4 N–H and O–H groups in total. The summed E-state index contributed by atoms with van der Waals surface area (Å²) in [6.45, 7) is 3.31. The SMILES string of the molecule is CC(CCC(=O)NN)N(CCCO)C1CCC1. The van der Waals surface area contributed by atoms with Gasteiger partial charge in [-0.3, -0.25) is 15.1 Å². The number of hydrogen-bond donors (Lipinski definition) is 3. The molecule has 1 aliphatic carbocycles. The average Bonchev–Trinajstić information content (AvgIpc) is 2.28. The third-order valence-electron chi connectivity index (χ3n) is 3.63. The molecule has 1 rings (SSSR count). The number of aliphatic hydroxyl groups is 1. The largest absolute Gasteiger partial charge is 0.396 e. The lowest BCUT2D eigenvalue weighted by atomic mass is 9.89. The van der Waals surface area contributed by atoms with Crippen molar-refractivity contribution in [3.63, 3.8) is 0 Å². The Kier molecular flexibility index (Phi) is 6.47. The smallest absolute Gasteiger partial charge is 0.233 e. The summed E-state index contributed by atoms with van der Waals surface area (Å²) >= 11 is 0. The fourth-order valence-electron chi connectivity index (χ4n) is 2.31. The van der Waals surface area contributed by atoms with Crippen LogP contribution >= 0.6 is 0 Å². The van der Waals surface area contributed by atoms with Gasteiger partial charge in [-0.25, -0.2) is 5.84 Å². The second kappa shape index (κ2) is 7.63. The number of carbonyl (C=O) groups is 1. The fraction of sp³-hybridized carbons (Fsp3) is 0.917. The molecule has 0 heterocycles. The van der Waals surface area contributed by atoms with E-state index in [0.29, 0.717) is 18.5 Å². The van der Waals surface area contributed by atoms with Gasteiger partial charge in [-0.1, -0.05) is 6.42 Å². The van der Waals surface area contributed by atoms with Crippen molar-refractivity contribution in [2.75, 3.05) is 13.2 Å². The summed E-state index contributed by atoms with van der Waals surface area (Å²) in [6, 6.07) is 1.03. The van der Waals surface area contributed by atoms with Crippen molar-refractivity contribution in [3.8, 4) is 0 Å². The summed E-state index contributed by atoms with van der Waals surface area (Å²) in [5.41, 5.74) is 2.16. The number of aliphatic hydroxyl groups excluding tert-OH is 1. The highest BCUT2D eigenvalue weighted by Gasteiger charge is 2.27. The van der Waals surface area contributed by atoms with Gasteiger partial charge in [-0.2, -0.15) is 0 Å². The number of rotatable bonds is 8. The Morgan fingerprint density at radius 1 is 1.59 bits per heavy atom. The summed E-state index contributed by atoms with van der Waals surface area (Å²) in [5, 5.41) is 8.92. The van der Waals surface area contributed by atoms with Gasteiger partial charge < -0.3 is 5.11 Å².